The highest BCUT2D eigenvalue weighted by Gasteiger charge is 2.31. The van der Waals surface area contributed by atoms with Gasteiger partial charge in [-0.1, -0.05) is 0 Å². The zero-order valence-electron chi connectivity index (χ0n) is 11.2. The van der Waals surface area contributed by atoms with E-state index in [1.807, 2.05) is 19.2 Å². The van der Waals surface area contributed by atoms with Gasteiger partial charge in [-0.05, 0) is 25.3 Å². The first-order valence-corrected chi connectivity index (χ1v) is 7.66. The number of morpholine rings is 1. The molecule has 2 atom stereocenters. The van der Waals surface area contributed by atoms with Gasteiger partial charge in [0.25, 0.3) is 5.91 Å². The second-order valence-corrected chi connectivity index (χ2v) is 5.51. The van der Waals surface area contributed by atoms with E-state index in [0.29, 0.717) is 18.9 Å². The van der Waals surface area contributed by atoms with Gasteiger partial charge in [-0.3, -0.25) is 4.79 Å². The van der Waals surface area contributed by atoms with Gasteiger partial charge in [-0.15, -0.1) is 0 Å². The normalized spacial score (nSPS) is 23.6. The van der Waals surface area contributed by atoms with E-state index in [4.69, 9.17) is 14.3 Å². The second-order valence-electron chi connectivity index (χ2n) is 4.64. The number of nitrogens with zero attached hydrogens (tertiary/aromatic N) is 1. The summed E-state index contributed by atoms with van der Waals surface area (Å²) in [5, 5.41) is 9.13. The lowest BCUT2D eigenvalue weighted by Crippen LogP contribution is -2.51. The summed E-state index contributed by atoms with van der Waals surface area (Å²) in [5.41, 5.74) is 0. The van der Waals surface area contributed by atoms with Gasteiger partial charge in [-0.2, -0.15) is 11.8 Å². The average Bonchev–Trinajstić information content (AvgIpc) is 2.88. The molecule has 0 saturated carbocycles. The number of ether oxygens (including phenoxy) is 1. The summed E-state index contributed by atoms with van der Waals surface area (Å²) in [5.74, 6) is 1.78. The monoisotopic (exact) mass is 285 g/mol. The summed E-state index contributed by atoms with van der Waals surface area (Å²) in [6, 6.07) is 3.53. The van der Waals surface area contributed by atoms with E-state index in [0.717, 1.165) is 11.5 Å². The molecule has 2 unspecified atom stereocenters. The number of hydrogen-bond acceptors (Lipinski definition) is 5. The molecule has 1 N–H and O–H groups in total. The van der Waals surface area contributed by atoms with Crippen molar-refractivity contribution in [2.24, 2.45) is 0 Å². The molecule has 106 valence electrons. The summed E-state index contributed by atoms with van der Waals surface area (Å²) in [6.45, 7) is 2.69. The molecule has 1 aliphatic rings. The van der Waals surface area contributed by atoms with Gasteiger partial charge in [0.05, 0.1) is 31.1 Å². The zero-order chi connectivity index (χ0) is 13.8. The number of thioether (sulfide) groups is 1. The fourth-order valence-electron chi connectivity index (χ4n) is 2.07. The predicted octanol–water partition coefficient (Wildman–Crippen LogP) is 1.36. The third-order valence-corrected chi connectivity index (χ3v) is 3.70. The van der Waals surface area contributed by atoms with Gasteiger partial charge >= 0.3 is 0 Å². The summed E-state index contributed by atoms with van der Waals surface area (Å²) < 4.78 is 11.0. The van der Waals surface area contributed by atoms with Crippen LogP contribution in [0.25, 0.3) is 0 Å². The largest absolute Gasteiger partial charge is 0.455 e. The van der Waals surface area contributed by atoms with Crippen molar-refractivity contribution in [2.75, 3.05) is 26.0 Å². The van der Waals surface area contributed by atoms with Crippen molar-refractivity contribution in [3.63, 3.8) is 0 Å². The Morgan fingerprint density at radius 1 is 1.58 bits per heavy atom. The first-order valence-electron chi connectivity index (χ1n) is 6.26. The molecule has 6 heteroatoms. The molecule has 1 aliphatic heterocycles. The van der Waals surface area contributed by atoms with E-state index < -0.39 is 0 Å². The Hall–Kier alpha value is -0.980. The van der Waals surface area contributed by atoms with Gasteiger partial charge in [0.1, 0.15) is 5.76 Å². The molecule has 0 bridgehead atoms. The molecule has 1 aromatic rings. The Balaban J connectivity index is 2.08. The molecule has 1 saturated heterocycles. The fourth-order valence-corrected chi connectivity index (χ4v) is 2.50. The maximum absolute atomic E-state index is 12.4. The average molecular weight is 285 g/mol. The van der Waals surface area contributed by atoms with Crippen LogP contribution in [0.5, 0.6) is 0 Å². The molecule has 1 aromatic heterocycles. The molecule has 0 radical (unpaired) electrons. The highest BCUT2D eigenvalue weighted by molar-refractivity contribution is 7.97. The number of rotatable bonds is 4. The van der Waals surface area contributed by atoms with E-state index in [1.165, 1.54) is 0 Å². The highest BCUT2D eigenvalue weighted by atomic mass is 32.2. The van der Waals surface area contributed by atoms with Crippen LogP contribution in [0.2, 0.25) is 0 Å². The van der Waals surface area contributed by atoms with Crippen molar-refractivity contribution in [1.82, 2.24) is 4.90 Å². The second kappa shape index (κ2) is 6.45. The SMILES string of the molecule is CSCc1ccc(C(=O)N2CC(CO)OCC2C)o1. The molecule has 0 spiro atoms. The van der Waals surface area contributed by atoms with Crippen LogP contribution in [-0.2, 0) is 10.5 Å². The zero-order valence-corrected chi connectivity index (χ0v) is 12.0. The molecule has 2 heterocycles. The molecule has 0 aromatic carbocycles. The molecular formula is C13H19NO4S. The minimum absolute atomic E-state index is 0.00981. The maximum Gasteiger partial charge on any atom is 0.289 e. The van der Waals surface area contributed by atoms with Crippen LogP contribution in [0, 0.1) is 0 Å². The Labute approximate surface area is 116 Å². The number of carbonyl (C=O) groups is 1. The van der Waals surface area contributed by atoms with Crippen molar-refractivity contribution in [3.8, 4) is 0 Å². The molecular weight excluding hydrogens is 266 g/mol. The lowest BCUT2D eigenvalue weighted by Gasteiger charge is -2.36. The van der Waals surface area contributed by atoms with Gasteiger partial charge in [-0.25, -0.2) is 0 Å². The Morgan fingerprint density at radius 2 is 2.37 bits per heavy atom. The standard InChI is InChI=1S/C13H19NO4S/c1-9-7-17-11(6-15)5-14(9)13(16)12-4-3-10(18-12)8-19-2/h3-4,9,11,15H,5-8H2,1-2H3. The highest BCUT2D eigenvalue weighted by Crippen LogP contribution is 2.19. The van der Waals surface area contributed by atoms with Crippen LogP contribution in [0.1, 0.15) is 23.2 Å². The van der Waals surface area contributed by atoms with E-state index >= 15 is 0 Å². The Morgan fingerprint density at radius 3 is 3.05 bits per heavy atom. The maximum atomic E-state index is 12.4. The van der Waals surface area contributed by atoms with Crippen molar-refractivity contribution in [3.05, 3.63) is 23.7 Å². The first-order chi connectivity index (χ1) is 9.15. The van der Waals surface area contributed by atoms with Crippen LogP contribution in [0.3, 0.4) is 0 Å². The van der Waals surface area contributed by atoms with Gasteiger partial charge < -0.3 is 19.2 Å². The van der Waals surface area contributed by atoms with Crippen molar-refractivity contribution in [2.45, 2.75) is 24.8 Å². The van der Waals surface area contributed by atoms with Crippen LogP contribution >= 0.6 is 11.8 Å². The number of hydrogen-bond donors (Lipinski definition) is 1. The van der Waals surface area contributed by atoms with Crippen molar-refractivity contribution in [1.29, 1.82) is 0 Å². The lowest BCUT2D eigenvalue weighted by molar-refractivity contribution is -0.0674. The third kappa shape index (κ3) is 3.32. The van der Waals surface area contributed by atoms with Gasteiger partial charge in [0.15, 0.2) is 5.76 Å². The minimum Gasteiger partial charge on any atom is -0.455 e. The number of aliphatic hydroxyl groups is 1. The third-order valence-electron chi connectivity index (χ3n) is 3.13. The molecule has 1 amide bonds. The minimum atomic E-state index is -0.305. The molecule has 0 aliphatic carbocycles. The predicted molar refractivity (Wildman–Crippen MR) is 73.3 cm³/mol. The van der Waals surface area contributed by atoms with E-state index in [-0.39, 0.29) is 24.7 Å². The van der Waals surface area contributed by atoms with Gasteiger partial charge in [0, 0.05) is 6.54 Å². The van der Waals surface area contributed by atoms with Crippen LogP contribution in [0.15, 0.2) is 16.5 Å². The fraction of sp³-hybridized carbons (Fsp3) is 0.615. The molecule has 2 rings (SSSR count). The Bertz CT molecular complexity index is 434. The van der Waals surface area contributed by atoms with Crippen LogP contribution in [-0.4, -0.2) is 54.1 Å². The first kappa shape index (κ1) is 14.4. The van der Waals surface area contributed by atoms with Crippen molar-refractivity contribution < 1.29 is 19.1 Å². The number of furan rings is 1. The van der Waals surface area contributed by atoms with E-state index in [9.17, 15) is 4.79 Å². The molecule has 1 fully saturated rings. The topological polar surface area (TPSA) is 62.9 Å². The number of carbonyl (C=O) groups excluding carboxylic acids is 1. The number of amides is 1. The smallest absolute Gasteiger partial charge is 0.289 e. The summed E-state index contributed by atoms with van der Waals surface area (Å²) >= 11 is 1.65. The summed E-state index contributed by atoms with van der Waals surface area (Å²) in [6.07, 6.45) is 1.68. The molecule has 5 nitrogen and oxygen atoms in total. The van der Waals surface area contributed by atoms with E-state index in [2.05, 4.69) is 0 Å². The summed E-state index contributed by atoms with van der Waals surface area (Å²) in [4.78, 5) is 14.1. The molecule has 19 heavy (non-hydrogen) atoms. The van der Waals surface area contributed by atoms with Crippen LogP contribution < -0.4 is 0 Å². The Kier molecular flexibility index (Phi) is 4.90. The van der Waals surface area contributed by atoms with Crippen molar-refractivity contribution >= 4 is 17.7 Å². The van der Waals surface area contributed by atoms with E-state index in [1.54, 1.807) is 22.7 Å². The van der Waals surface area contributed by atoms with Crippen LogP contribution in [0.4, 0.5) is 0 Å². The number of aliphatic hydroxyl groups excluding tert-OH is 1. The lowest BCUT2D eigenvalue weighted by atomic mass is 10.2. The summed E-state index contributed by atoms with van der Waals surface area (Å²) in [7, 11) is 0. The quantitative estimate of drug-likeness (QED) is 0.905. The van der Waals surface area contributed by atoms with Gasteiger partial charge in [0.2, 0.25) is 0 Å².